The summed E-state index contributed by atoms with van der Waals surface area (Å²) in [4.78, 5) is 2.59. The number of rotatable bonds is 3. The van der Waals surface area contributed by atoms with Crippen LogP contribution >= 0.6 is 0 Å². The van der Waals surface area contributed by atoms with E-state index in [9.17, 15) is 0 Å². The van der Waals surface area contributed by atoms with E-state index >= 15 is 0 Å². The van der Waals surface area contributed by atoms with E-state index in [1.165, 1.54) is 38.8 Å². The fourth-order valence-electron chi connectivity index (χ4n) is 2.03. The largest absolute Gasteiger partial charge is 0.329 e. The zero-order valence-corrected chi connectivity index (χ0v) is 7.13. The summed E-state index contributed by atoms with van der Waals surface area (Å²) >= 11 is 0. The topological polar surface area (TPSA) is 29.3 Å². The fourth-order valence-corrected chi connectivity index (χ4v) is 2.03. The lowest BCUT2D eigenvalue weighted by Crippen LogP contribution is -2.36. The van der Waals surface area contributed by atoms with Gasteiger partial charge in [-0.25, -0.2) is 0 Å². The first-order valence-electron chi connectivity index (χ1n) is 4.84. The van der Waals surface area contributed by atoms with Crippen LogP contribution in [0.25, 0.3) is 0 Å². The molecule has 0 aromatic carbocycles. The summed E-state index contributed by atoms with van der Waals surface area (Å²) in [5.41, 5.74) is 5.68. The lowest BCUT2D eigenvalue weighted by atomic mass is 10.2. The van der Waals surface area contributed by atoms with Crippen LogP contribution in [0.5, 0.6) is 0 Å². The predicted octanol–water partition coefficient (Wildman–Crippen LogP) is 0.819. The van der Waals surface area contributed by atoms with Gasteiger partial charge in [0.25, 0.3) is 0 Å². The number of hydrogen-bond donors (Lipinski definition) is 1. The maximum Gasteiger partial charge on any atom is 0.0219 e. The zero-order chi connectivity index (χ0) is 7.68. The highest BCUT2D eigenvalue weighted by Gasteiger charge is 2.29. The second-order valence-corrected chi connectivity index (χ2v) is 3.97. The number of nitrogens with two attached hydrogens (primary N) is 1. The zero-order valence-electron chi connectivity index (χ0n) is 7.13. The molecule has 1 saturated heterocycles. The van der Waals surface area contributed by atoms with E-state index in [2.05, 4.69) is 4.90 Å². The average Bonchev–Trinajstić information content (AvgIpc) is 2.68. The van der Waals surface area contributed by atoms with Crippen LogP contribution < -0.4 is 5.73 Å². The van der Waals surface area contributed by atoms with E-state index in [0.717, 1.165) is 18.5 Å². The van der Waals surface area contributed by atoms with Gasteiger partial charge in [0.15, 0.2) is 0 Å². The number of nitrogens with zero attached hydrogens (tertiary/aromatic N) is 1. The predicted molar refractivity (Wildman–Crippen MR) is 46.4 cm³/mol. The van der Waals surface area contributed by atoms with E-state index in [-0.39, 0.29) is 0 Å². The molecule has 1 unspecified atom stereocenters. The summed E-state index contributed by atoms with van der Waals surface area (Å²) in [5, 5.41) is 0. The molecule has 1 aliphatic carbocycles. The molecule has 11 heavy (non-hydrogen) atoms. The molecular weight excluding hydrogens is 136 g/mol. The minimum atomic E-state index is 0.718. The third-order valence-corrected chi connectivity index (χ3v) is 2.96. The summed E-state index contributed by atoms with van der Waals surface area (Å²) in [6.07, 6.45) is 5.64. The van der Waals surface area contributed by atoms with Crippen molar-refractivity contribution in [3.8, 4) is 0 Å². The SMILES string of the molecule is NCC1CCCN1CC1CC1. The normalized spacial score (nSPS) is 33.0. The summed E-state index contributed by atoms with van der Waals surface area (Å²) in [6, 6.07) is 0.718. The van der Waals surface area contributed by atoms with Gasteiger partial charge in [-0.15, -0.1) is 0 Å². The van der Waals surface area contributed by atoms with Gasteiger partial charge in [0, 0.05) is 19.1 Å². The highest BCUT2D eigenvalue weighted by molar-refractivity contribution is 4.85. The molecular formula is C9H18N2. The van der Waals surface area contributed by atoms with Gasteiger partial charge in [-0.05, 0) is 38.1 Å². The molecule has 2 heteroatoms. The molecule has 0 radical (unpaired) electrons. The van der Waals surface area contributed by atoms with Crippen LogP contribution in [0, 0.1) is 5.92 Å². The van der Waals surface area contributed by atoms with Crippen LogP contribution in [0.4, 0.5) is 0 Å². The van der Waals surface area contributed by atoms with Gasteiger partial charge in [-0.2, -0.15) is 0 Å². The van der Waals surface area contributed by atoms with Crippen molar-refractivity contribution in [3.63, 3.8) is 0 Å². The van der Waals surface area contributed by atoms with Gasteiger partial charge < -0.3 is 5.73 Å². The van der Waals surface area contributed by atoms with E-state index in [1.54, 1.807) is 0 Å². The summed E-state index contributed by atoms with van der Waals surface area (Å²) < 4.78 is 0. The molecule has 0 bridgehead atoms. The smallest absolute Gasteiger partial charge is 0.0219 e. The minimum absolute atomic E-state index is 0.718. The maximum absolute atomic E-state index is 5.68. The molecule has 2 N–H and O–H groups in total. The Labute approximate surface area is 68.7 Å². The van der Waals surface area contributed by atoms with Gasteiger partial charge in [-0.1, -0.05) is 0 Å². The molecule has 1 aliphatic heterocycles. The van der Waals surface area contributed by atoms with Gasteiger partial charge in [0.1, 0.15) is 0 Å². The maximum atomic E-state index is 5.68. The van der Waals surface area contributed by atoms with Gasteiger partial charge in [0.2, 0.25) is 0 Å². The number of likely N-dealkylation sites (tertiary alicyclic amines) is 1. The number of hydrogen-bond acceptors (Lipinski definition) is 2. The molecule has 1 heterocycles. The molecule has 0 aromatic heterocycles. The molecule has 0 spiro atoms. The van der Waals surface area contributed by atoms with Crippen molar-refractivity contribution < 1.29 is 0 Å². The fraction of sp³-hybridized carbons (Fsp3) is 1.00. The Hall–Kier alpha value is -0.0800. The quantitative estimate of drug-likeness (QED) is 0.652. The summed E-state index contributed by atoms with van der Waals surface area (Å²) in [6.45, 7) is 3.51. The van der Waals surface area contributed by atoms with Crippen molar-refractivity contribution in [1.82, 2.24) is 4.90 Å². The van der Waals surface area contributed by atoms with Gasteiger partial charge in [0.05, 0.1) is 0 Å². The van der Waals surface area contributed by atoms with Crippen molar-refractivity contribution in [1.29, 1.82) is 0 Å². The van der Waals surface area contributed by atoms with Crippen LogP contribution in [-0.4, -0.2) is 30.6 Å². The van der Waals surface area contributed by atoms with Crippen LogP contribution in [-0.2, 0) is 0 Å². The first kappa shape index (κ1) is 7.56. The highest BCUT2D eigenvalue weighted by Crippen LogP contribution is 2.31. The second kappa shape index (κ2) is 3.11. The van der Waals surface area contributed by atoms with Crippen molar-refractivity contribution >= 4 is 0 Å². The Morgan fingerprint density at radius 3 is 2.73 bits per heavy atom. The minimum Gasteiger partial charge on any atom is -0.329 e. The van der Waals surface area contributed by atoms with E-state index < -0.39 is 0 Å². The molecule has 1 saturated carbocycles. The van der Waals surface area contributed by atoms with E-state index in [1.807, 2.05) is 0 Å². The Bertz CT molecular complexity index is 132. The van der Waals surface area contributed by atoms with Crippen LogP contribution in [0.15, 0.2) is 0 Å². The van der Waals surface area contributed by atoms with Crippen molar-refractivity contribution in [2.45, 2.75) is 31.7 Å². The monoisotopic (exact) mass is 154 g/mol. The summed E-state index contributed by atoms with van der Waals surface area (Å²) in [7, 11) is 0. The Morgan fingerprint density at radius 1 is 1.27 bits per heavy atom. The molecule has 2 fully saturated rings. The van der Waals surface area contributed by atoms with Crippen LogP contribution in [0.3, 0.4) is 0 Å². The molecule has 0 aromatic rings. The lowest BCUT2D eigenvalue weighted by Gasteiger charge is -2.22. The van der Waals surface area contributed by atoms with Gasteiger partial charge in [-0.3, -0.25) is 4.90 Å². The lowest BCUT2D eigenvalue weighted by molar-refractivity contribution is 0.248. The standard InChI is InChI=1S/C9H18N2/c10-6-9-2-1-5-11(9)7-8-3-4-8/h8-9H,1-7,10H2. The Balaban J connectivity index is 1.79. The summed E-state index contributed by atoms with van der Waals surface area (Å²) in [5.74, 6) is 1.03. The Morgan fingerprint density at radius 2 is 2.09 bits per heavy atom. The van der Waals surface area contributed by atoms with Crippen molar-refractivity contribution in [2.24, 2.45) is 11.7 Å². The van der Waals surface area contributed by atoms with Crippen LogP contribution in [0.2, 0.25) is 0 Å². The molecule has 2 aliphatic rings. The van der Waals surface area contributed by atoms with Crippen molar-refractivity contribution in [2.75, 3.05) is 19.6 Å². The van der Waals surface area contributed by atoms with Gasteiger partial charge >= 0.3 is 0 Å². The first-order chi connectivity index (χ1) is 5.40. The molecule has 64 valence electrons. The van der Waals surface area contributed by atoms with E-state index in [0.29, 0.717) is 0 Å². The molecule has 2 nitrogen and oxygen atoms in total. The van der Waals surface area contributed by atoms with Crippen LogP contribution in [0.1, 0.15) is 25.7 Å². The van der Waals surface area contributed by atoms with E-state index in [4.69, 9.17) is 5.73 Å². The Kier molecular flexibility index (Phi) is 2.14. The molecule has 0 amide bonds. The first-order valence-corrected chi connectivity index (χ1v) is 4.84. The average molecular weight is 154 g/mol. The third-order valence-electron chi connectivity index (χ3n) is 2.96. The second-order valence-electron chi connectivity index (χ2n) is 3.97. The molecule has 2 rings (SSSR count). The van der Waals surface area contributed by atoms with Crippen molar-refractivity contribution in [3.05, 3.63) is 0 Å². The third kappa shape index (κ3) is 1.74. The highest BCUT2D eigenvalue weighted by atomic mass is 15.2. The molecule has 1 atom stereocenters.